The monoisotopic (exact) mass is 303 g/mol. The van der Waals surface area contributed by atoms with E-state index in [1.165, 1.54) is 24.6 Å². The van der Waals surface area contributed by atoms with Crippen molar-refractivity contribution in [2.24, 2.45) is 0 Å². The van der Waals surface area contributed by atoms with Crippen LogP contribution in [0.5, 0.6) is 0 Å². The van der Waals surface area contributed by atoms with E-state index >= 15 is 0 Å². The van der Waals surface area contributed by atoms with Gasteiger partial charge in [0.05, 0.1) is 0 Å². The molecule has 1 rings (SSSR count). The van der Waals surface area contributed by atoms with E-state index in [4.69, 9.17) is 4.74 Å². The summed E-state index contributed by atoms with van der Waals surface area (Å²) in [6.07, 6.45) is 0.595. The Morgan fingerprint density at radius 3 is 2.55 bits per heavy atom. The maximum Gasteiger partial charge on any atom is 0.407 e. The summed E-state index contributed by atoms with van der Waals surface area (Å²) in [5.41, 5.74) is -0.422. The molecule has 0 bridgehead atoms. The van der Waals surface area contributed by atoms with Crippen LogP contribution in [0, 0.1) is 0 Å². The maximum atomic E-state index is 11.4. The van der Waals surface area contributed by atoms with Gasteiger partial charge in [-0.05, 0) is 33.7 Å². The minimum atomic E-state index is -0.422. The standard InChI is InChI=1S/C14H29N3O2S/c1-14(2,3)19-13(18)16-6-4-5-15-7-8-17-9-11-20-12-10-17/h15H,4-12H2,1-3H3,(H,16,18). The number of nitrogens with zero attached hydrogens (tertiary/aromatic N) is 1. The van der Waals surface area contributed by atoms with Crippen LogP contribution >= 0.6 is 11.8 Å². The zero-order chi connectivity index (χ0) is 14.8. The third-order valence-electron chi connectivity index (χ3n) is 2.91. The molecule has 6 heteroatoms. The van der Waals surface area contributed by atoms with Gasteiger partial charge in [-0.3, -0.25) is 0 Å². The lowest BCUT2D eigenvalue weighted by Gasteiger charge is -2.26. The number of carbonyl (C=O) groups excluding carboxylic acids is 1. The van der Waals surface area contributed by atoms with Crippen LogP contribution < -0.4 is 10.6 Å². The molecule has 2 N–H and O–H groups in total. The summed E-state index contributed by atoms with van der Waals surface area (Å²) in [7, 11) is 0. The Bertz CT molecular complexity index is 276. The molecule has 0 aromatic rings. The van der Waals surface area contributed by atoms with E-state index < -0.39 is 5.60 Å². The largest absolute Gasteiger partial charge is 0.444 e. The predicted octanol–water partition coefficient (Wildman–Crippen LogP) is 1.54. The number of alkyl carbamates (subject to hydrolysis) is 1. The van der Waals surface area contributed by atoms with Gasteiger partial charge in [0, 0.05) is 44.2 Å². The molecule has 5 nitrogen and oxygen atoms in total. The van der Waals surface area contributed by atoms with Crippen molar-refractivity contribution in [2.45, 2.75) is 32.8 Å². The van der Waals surface area contributed by atoms with E-state index in [2.05, 4.69) is 15.5 Å². The van der Waals surface area contributed by atoms with E-state index in [1.54, 1.807) is 0 Å². The van der Waals surface area contributed by atoms with Gasteiger partial charge in [-0.25, -0.2) is 4.79 Å². The first-order valence-electron chi connectivity index (χ1n) is 7.45. The van der Waals surface area contributed by atoms with Crippen LogP contribution in [-0.4, -0.2) is 67.4 Å². The van der Waals surface area contributed by atoms with Gasteiger partial charge >= 0.3 is 6.09 Å². The Labute approximate surface area is 127 Å². The van der Waals surface area contributed by atoms with Crippen LogP contribution in [-0.2, 0) is 4.74 Å². The van der Waals surface area contributed by atoms with Crippen molar-refractivity contribution in [2.75, 3.05) is 50.8 Å². The molecule has 0 unspecified atom stereocenters. The first kappa shape index (κ1) is 17.6. The van der Waals surface area contributed by atoms with Crippen molar-refractivity contribution >= 4 is 17.9 Å². The summed E-state index contributed by atoms with van der Waals surface area (Å²) in [6.45, 7) is 11.8. The predicted molar refractivity (Wildman–Crippen MR) is 85.5 cm³/mol. The molecule has 1 saturated heterocycles. The van der Waals surface area contributed by atoms with Crippen molar-refractivity contribution in [3.63, 3.8) is 0 Å². The number of amides is 1. The summed E-state index contributed by atoms with van der Waals surface area (Å²) in [6, 6.07) is 0. The third-order valence-corrected chi connectivity index (χ3v) is 3.85. The number of rotatable bonds is 7. The van der Waals surface area contributed by atoms with Gasteiger partial charge in [-0.2, -0.15) is 11.8 Å². The normalized spacial score (nSPS) is 16.9. The number of hydrogen-bond donors (Lipinski definition) is 2. The zero-order valence-corrected chi connectivity index (χ0v) is 13.9. The highest BCUT2D eigenvalue weighted by Gasteiger charge is 2.15. The Balaban J connectivity index is 1.88. The molecule has 0 aliphatic carbocycles. The van der Waals surface area contributed by atoms with Crippen LogP contribution in [0.15, 0.2) is 0 Å². The number of carbonyl (C=O) groups is 1. The molecule has 0 atom stereocenters. The van der Waals surface area contributed by atoms with Crippen molar-refractivity contribution in [3.05, 3.63) is 0 Å². The Morgan fingerprint density at radius 1 is 1.20 bits per heavy atom. The summed E-state index contributed by atoms with van der Waals surface area (Å²) in [5.74, 6) is 2.53. The maximum absolute atomic E-state index is 11.4. The summed E-state index contributed by atoms with van der Waals surface area (Å²) < 4.78 is 5.17. The Kier molecular flexibility index (Phi) is 8.33. The summed E-state index contributed by atoms with van der Waals surface area (Å²) in [4.78, 5) is 13.9. The van der Waals surface area contributed by atoms with Crippen molar-refractivity contribution in [1.29, 1.82) is 0 Å². The van der Waals surface area contributed by atoms with Gasteiger partial charge in [-0.1, -0.05) is 0 Å². The number of ether oxygens (including phenoxy) is 1. The zero-order valence-electron chi connectivity index (χ0n) is 13.0. The fourth-order valence-electron chi connectivity index (χ4n) is 1.90. The van der Waals surface area contributed by atoms with Crippen molar-refractivity contribution < 1.29 is 9.53 Å². The average Bonchev–Trinajstić information content (AvgIpc) is 2.37. The summed E-state index contributed by atoms with van der Waals surface area (Å²) >= 11 is 2.04. The minimum absolute atomic E-state index is 0.330. The van der Waals surface area contributed by atoms with E-state index in [9.17, 15) is 4.79 Å². The molecule has 1 heterocycles. The van der Waals surface area contributed by atoms with Crippen LogP contribution in [0.25, 0.3) is 0 Å². The highest BCUT2D eigenvalue weighted by atomic mass is 32.2. The molecule has 1 aliphatic heterocycles. The third kappa shape index (κ3) is 9.44. The molecule has 0 saturated carbocycles. The van der Waals surface area contributed by atoms with Crippen LogP contribution in [0.3, 0.4) is 0 Å². The second-order valence-corrected chi connectivity index (χ2v) is 7.21. The topological polar surface area (TPSA) is 53.6 Å². The fourth-order valence-corrected chi connectivity index (χ4v) is 2.88. The van der Waals surface area contributed by atoms with Gasteiger partial charge in [0.2, 0.25) is 0 Å². The first-order valence-corrected chi connectivity index (χ1v) is 8.60. The molecule has 0 radical (unpaired) electrons. The second-order valence-electron chi connectivity index (χ2n) is 5.99. The second kappa shape index (κ2) is 9.47. The molecule has 1 aliphatic rings. The number of thioether (sulfide) groups is 1. The molecule has 118 valence electrons. The molecule has 20 heavy (non-hydrogen) atoms. The van der Waals surface area contributed by atoms with Crippen molar-refractivity contribution in [1.82, 2.24) is 15.5 Å². The van der Waals surface area contributed by atoms with Crippen LogP contribution in [0.2, 0.25) is 0 Å². The van der Waals surface area contributed by atoms with E-state index in [0.29, 0.717) is 6.54 Å². The minimum Gasteiger partial charge on any atom is -0.444 e. The molecule has 0 aromatic carbocycles. The number of hydrogen-bond acceptors (Lipinski definition) is 5. The average molecular weight is 303 g/mol. The van der Waals surface area contributed by atoms with Gasteiger partial charge < -0.3 is 20.3 Å². The lowest BCUT2D eigenvalue weighted by Crippen LogP contribution is -2.38. The van der Waals surface area contributed by atoms with Gasteiger partial charge in [-0.15, -0.1) is 0 Å². The first-order chi connectivity index (χ1) is 9.47. The fraction of sp³-hybridized carbons (Fsp3) is 0.929. The molecular weight excluding hydrogens is 274 g/mol. The molecule has 0 aromatic heterocycles. The van der Waals surface area contributed by atoms with Crippen molar-refractivity contribution in [3.8, 4) is 0 Å². The van der Waals surface area contributed by atoms with E-state index in [-0.39, 0.29) is 6.09 Å². The lowest BCUT2D eigenvalue weighted by molar-refractivity contribution is 0.0527. The van der Waals surface area contributed by atoms with E-state index in [1.807, 2.05) is 32.5 Å². The van der Waals surface area contributed by atoms with Gasteiger partial charge in [0.1, 0.15) is 5.60 Å². The summed E-state index contributed by atoms with van der Waals surface area (Å²) in [5, 5.41) is 6.18. The van der Waals surface area contributed by atoms with Crippen LogP contribution in [0.1, 0.15) is 27.2 Å². The molecule has 1 amide bonds. The molecule has 1 fully saturated rings. The Hall–Kier alpha value is -0.460. The molecule has 0 spiro atoms. The van der Waals surface area contributed by atoms with Crippen LogP contribution in [0.4, 0.5) is 4.79 Å². The van der Waals surface area contributed by atoms with Gasteiger partial charge in [0.15, 0.2) is 0 Å². The highest BCUT2D eigenvalue weighted by Crippen LogP contribution is 2.08. The van der Waals surface area contributed by atoms with E-state index in [0.717, 1.165) is 26.1 Å². The molecular formula is C14H29N3O2S. The lowest BCUT2D eigenvalue weighted by atomic mass is 10.2. The SMILES string of the molecule is CC(C)(C)OC(=O)NCCCNCCN1CCSCC1. The quantitative estimate of drug-likeness (QED) is 0.699. The smallest absolute Gasteiger partial charge is 0.407 e. The van der Waals surface area contributed by atoms with Gasteiger partial charge in [0.25, 0.3) is 0 Å². The Morgan fingerprint density at radius 2 is 1.90 bits per heavy atom. The highest BCUT2D eigenvalue weighted by molar-refractivity contribution is 7.99. The number of nitrogens with one attached hydrogen (secondary N) is 2.